The molecule has 51 heavy (non-hydrogen) atoms. The highest BCUT2D eigenvalue weighted by Crippen LogP contribution is 2.15. The van der Waals surface area contributed by atoms with E-state index in [0.717, 1.165) is 38.5 Å². The summed E-state index contributed by atoms with van der Waals surface area (Å²) in [6, 6.07) is 0. The van der Waals surface area contributed by atoms with Crippen molar-refractivity contribution in [1.82, 2.24) is 0 Å². The molecule has 0 saturated carbocycles. The molecule has 0 saturated heterocycles. The van der Waals surface area contributed by atoms with Crippen LogP contribution in [-0.4, -0.2) is 42.1 Å². The van der Waals surface area contributed by atoms with Crippen LogP contribution >= 0.6 is 0 Å². The van der Waals surface area contributed by atoms with Gasteiger partial charge in [0.2, 0.25) is 0 Å². The van der Waals surface area contributed by atoms with Gasteiger partial charge in [-0.1, -0.05) is 185 Å². The summed E-state index contributed by atoms with van der Waals surface area (Å²) in [5, 5.41) is 10.0. The third-order valence-corrected chi connectivity index (χ3v) is 9.04. The van der Waals surface area contributed by atoms with Gasteiger partial charge in [0.1, 0.15) is 19.3 Å². The second-order valence-electron chi connectivity index (χ2n) is 14.2. The summed E-state index contributed by atoms with van der Waals surface area (Å²) in [7, 11) is 0. The van der Waals surface area contributed by atoms with Crippen molar-refractivity contribution in [3.8, 4) is 0 Å². The van der Waals surface area contributed by atoms with Gasteiger partial charge in [0.05, 0.1) is 0 Å². The van der Waals surface area contributed by atoms with Crippen molar-refractivity contribution in [2.75, 3.05) is 13.2 Å². The summed E-state index contributed by atoms with van der Waals surface area (Å²) in [6.45, 7) is 4.07. The van der Waals surface area contributed by atoms with E-state index >= 15 is 0 Å². The number of unbranched alkanes of at least 4 members (excludes halogenated alkanes) is 21. The van der Waals surface area contributed by atoms with Crippen molar-refractivity contribution >= 4 is 17.7 Å². The van der Waals surface area contributed by atoms with Gasteiger partial charge in [-0.2, -0.15) is 0 Å². The summed E-state index contributed by atoms with van der Waals surface area (Å²) in [5.74, 6) is -0.854. The molecule has 0 fully saturated rings. The first-order valence-electron chi connectivity index (χ1n) is 21.1. The van der Waals surface area contributed by atoms with Gasteiger partial charge >= 0.3 is 11.9 Å². The maximum absolute atomic E-state index is 12.0. The van der Waals surface area contributed by atoms with Crippen molar-refractivity contribution < 1.29 is 29.0 Å². The zero-order valence-electron chi connectivity index (χ0n) is 33.1. The van der Waals surface area contributed by atoms with Gasteiger partial charge in [-0.3, -0.25) is 14.4 Å². The lowest BCUT2D eigenvalue weighted by Crippen LogP contribution is -2.25. The number of carbonyl (C=O) groups excluding carboxylic acids is 3. The van der Waals surface area contributed by atoms with Crippen LogP contribution in [0.25, 0.3) is 0 Å². The van der Waals surface area contributed by atoms with Crippen molar-refractivity contribution in [3.63, 3.8) is 0 Å². The first-order valence-corrected chi connectivity index (χ1v) is 21.1. The average Bonchev–Trinajstić information content (AvgIpc) is 3.12. The number of aliphatic hydroxyl groups excluding tert-OH is 1. The van der Waals surface area contributed by atoms with Crippen LogP contribution in [0.5, 0.6) is 0 Å². The van der Waals surface area contributed by atoms with Crippen LogP contribution in [0.2, 0.25) is 0 Å². The van der Waals surface area contributed by atoms with Crippen LogP contribution < -0.4 is 0 Å². The number of esters is 2. The molecular weight excluding hydrogens is 636 g/mol. The Balaban J connectivity index is 3.58. The maximum Gasteiger partial charge on any atom is 0.305 e. The summed E-state index contributed by atoms with van der Waals surface area (Å²) in [5.41, 5.74) is 0. The number of rotatable bonds is 38. The number of aliphatic hydroxyl groups is 1. The fraction of sp³-hybridized carbons (Fsp3) is 0.756. The van der Waals surface area contributed by atoms with Gasteiger partial charge in [-0.25, -0.2) is 0 Å². The normalized spacial score (nSPS) is 12.5. The molecule has 0 unspecified atom stereocenters. The minimum absolute atomic E-state index is 0.0480. The molecule has 0 amide bonds. The molecule has 1 N–H and O–H groups in total. The van der Waals surface area contributed by atoms with Crippen LogP contribution in [0.1, 0.15) is 200 Å². The Bertz CT molecular complexity index is 918. The van der Waals surface area contributed by atoms with E-state index in [0.29, 0.717) is 12.8 Å². The molecule has 6 heteroatoms. The molecule has 0 heterocycles. The van der Waals surface area contributed by atoms with Crippen molar-refractivity contribution in [2.24, 2.45) is 0 Å². The number of ether oxygens (including phenoxy) is 2. The molecule has 0 aliphatic rings. The third kappa shape index (κ3) is 40.2. The van der Waals surface area contributed by atoms with Gasteiger partial charge in [0, 0.05) is 19.3 Å². The lowest BCUT2D eigenvalue weighted by Gasteiger charge is -2.12. The molecule has 0 bridgehead atoms. The molecule has 0 rings (SSSR count). The summed E-state index contributed by atoms with van der Waals surface area (Å²) in [4.78, 5) is 36.0. The first kappa shape index (κ1) is 48.5. The molecular formula is C45H78O6. The Morgan fingerprint density at radius 1 is 0.471 bits per heavy atom. The zero-order chi connectivity index (χ0) is 37.3. The molecule has 0 aliphatic carbocycles. The Hall–Kier alpha value is -2.47. The lowest BCUT2D eigenvalue weighted by molar-refractivity contribution is -0.152. The van der Waals surface area contributed by atoms with Gasteiger partial charge in [-0.05, 0) is 44.6 Å². The molecule has 0 aromatic carbocycles. The van der Waals surface area contributed by atoms with Gasteiger partial charge < -0.3 is 14.6 Å². The Morgan fingerprint density at radius 2 is 0.882 bits per heavy atom. The van der Waals surface area contributed by atoms with E-state index in [-0.39, 0.29) is 37.8 Å². The number of hydrogen-bond acceptors (Lipinski definition) is 6. The molecule has 294 valence electrons. The topological polar surface area (TPSA) is 89.9 Å². The molecule has 6 nitrogen and oxygen atoms in total. The molecule has 0 spiro atoms. The van der Waals surface area contributed by atoms with E-state index in [9.17, 15) is 19.5 Å². The smallest absolute Gasteiger partial charge is 0.305 e. The third-order valence-electron chi connectivity index (χ3n) is 9.04. The van der Waals surface area contributed by atoms with E-state index in [4.69, 9.17) is 9.47 Å². The van der Waals surface area contributed by atoms with Crippen LogP contribution in [0.15, 0.2) is 48.6 Å². The number of allylic oxidation sites excluding steroid dienone is 8. The fourth-order valence-electron chi connectivity index (χ4n) is 5.80. The zero-order valence-corrected chi connectivity index (χ0v) is 33.1. The Labute approximate surface area is 314 Å². The maximum atomic E-state index is 12.0. The standard InChI is InChI=1S/C45H78O6/c1-3-5-7-9-11-13-15-17-18-19-20-21-22-24-26-28-30-32-34-38-44(48)50-40-43(47)41-51-45(49)39-35-37-42(46)36-33-31-29-27-25-23-16-14-12-10-8-6-4-2/h12,14,23,25,29,31,33,36,43,47H,3-11,13,15-22,24,26-28,30,32,34-35,37-41H2,1-2H3/b14-12-,25-23-,31-29-,36-33+/t43-/m0/s1. The fourth-order valence-corrected chi connectivity index (χ4v) is 5.80. The predicted molar refractivity (Wildman–Crippen MR) is 215 cm³/mol. The summed E-state index contributed by atoms with van der Waals surface area (Å²) in [6.07, 6.45) is 47.4. The van der Waals surface area contributed by atoms with E-state index in [1.165, 1.54) is 128 Å². The Kier molecular flexibility index (Phi) is 38.4. The van der Waals surface area contributed by atoms with Gasteiger partial charge in [0.15, 0.2) is 5.78 Å². The molecule has 0 aliphatic heterocycles. The van der Waals surface area contributed by atoms with Crippen molar-refractivity contribution in [2.45, 2.75) is 206 Å². The van der Waals surface area contributed by atoms with Crippen LogP contribution in [0.4, 0.5) is 0 Å². The van der Waals surface area contributed by atoms with Crippen molar-refractivity contribution in [3.05, 3.63) is 48.6 Å². The van der Waals surface area contributed by atoms with E-state index < -0.39 is 12.1 Å². The number of carbonyl (C=O) groups is 3. The average molecular weight is 715 g/mol. The SMILES string of the molecule is CCCCC/C=C\C/C=C\C/C=C\C=C\C(=O)CCCC(=O)OC[C@@H](O)COC(=O)CCCCCCCCCCCCCCCCCCCCC. The second-order valence-corrected chi connectivity index (χ2v) is 14.2. The highest BCUT2D eigenvalue weighted by molar-refractivity contribution is 5.90. The van der Waals surface area contributed by atoms with E-state index in [1.54, 1.807) is 6.08 Å². The number of hydrogen-bond donors (Lipinski definition) is 1. The predicted octanol–water partition coefficient (Wildman–Crippen LogP) is 12.6. The first-order chi connectivity index (χ1) is 25.0. The van der Waals surface area contributed by atoms with Crippen LogP contribution in [0, 0.1) is 0 Å². The largest absolute Gasteiger partial charge is 0.463 e. The molecule has 0 aromatic heterocycles. The summed E-state index contributed by atoms with van der Waals surface area (Å²) >= 11 is 0. The monoisotopic (exact) mass is 715 g/mol. The van der Waals surface area contributed by atoms with Gasteiger partial charge in [0.25, 0.3) is 0 Å². The Morgan fingerprint density at radius 3 is 1.39 bits per heavy atom. The highest BCUT2D eigenvalue weighted by atomic mass is 16.6. The number of ketones is 1. The van der Waals surface area contributed by atoms with Crippen molar-refractivity contribution in [1.29, 1.82) is 0 Å². The lowest BCUT2D eigenvalue weighted by atomic mass is 10.0. The highest BCUT2D eigenvalue weighted by Gasteiger charge is 2.12. The molecule has 1 atom stereocenters. The van der Waals surface area contributed by atoms with E-state index in [2.05, 4.69) is 38.2 Å². The van der Waals surface area contributed by atoms with E-state index in [1.807, 2.05) is 12.2 Å². The van der Waals surface area contributed by atoms with Crippen LogP contribution in [0.3, 0.4) is 0 Å². The second kappa shape index (κ2) is 40.3. The quantitative estimate of drug-likeness (QED) is 0.0225. The minimum atomic E-state index is -1.05. The minimum Gasteiger partial charge on any atom is -0.463 e. The summed E-state index contributed by atoms with van der Waals surface area (Å²) < 4.78 is 10.2. The molecule has 0 radical (unpaired) electrons. The van der Waals surface area contributed by atoms with Gasteiger partial charge in [-0.15, -0.1) is 0 Å². The van der Waals surface area contributed by atoms with Crippen LogP contribution in [-0.2, 0) is 23.9 Å². The molecule has 0 aromatic rings.